The molecule has 0 aliphatic carbocycles. The van der Waals surface area contributed by atoms with Crippen molar-refractivity contribution in [3.05, 3.63) is 39.2 Å². The van der Waals surface area contributed by atoms with E-state index in [2.05, 4.69) is 33.0 Å². The molecule has 2 rings (SSSR count). The standard InChI is InChI=1S/C13H15IN4O/c1-8-13(15)9(2)18(17-8)7-12(19)16-11-5-3-10(14)4-6-11/h3-6H,7,15H2,1-2H3,(H,16,19). The van der Waals surface area contributed by atoms with Gasteiger partial charge in [-0.3, -0.25) is 9.48 Å². The number of halogens is 1. The molecule has 6 heteroatoms. The average molecular weight is 370 g/mol. The fourth-order valence-corrected chi connectivity index (χ4v) is 2.09. The minimum atomic E-state index is -0.119. The van der Waals surface area contributed by atoms with Crippen LogP contribution in [0.15, 0.2) is 24.3 Å². The Morgan fingerprint density at radius 1 is 1.37 bits per heavy atom. The summed E-state index contributed by atoms with van der Waals surface area (Å²) in [7, 11) is 0. The second kappa shape index (κ2) is 5.60. The van der Waals surface area contributed by atoms with Crippen molar-refractivity contribution in [2.45, 2.75) is 20.4 Å². The van der Waals surface area contributed by atoms with Crippen molar-refractivity contribution in [2.24, 2.45) is 0 Å². The van der Waals surface area contributed by atoms with Crippen LogP contribution in [0.5, 0.6) is 0 Å². The van der Waals surface area contributed by atoms with E-state index in [4.69, 9.17) is 5.73 Å². The quantitative estimate of drug-likeness (QED) is 0.815. The number of carbonyl (C=O) groups is 1. The van der Waals surface area contributed by atoms with Crippen molar-refractivity contribution >= 4 is 39.9 Å². The molecule has 1 heterocycles. The Hall–Kier alpha value is -1.57. The Bertz CT molecular complexity index is 604. The maximum Gasteiger partial charge on any atom is 0.246 e. The van der Waals surface area contributed by atoms with Crippen LogP contribution in [-0.4, -0.2) is 15.7 Å². The van der Waals surface area contributed by atoms with Gasteiger partial charge in [0.05, 0.1) is 17.1 Å². The van der Waals surface area contributed by atoms with Gasteiger partial charge in [0.25, 0.3) is 0 Å². The fraction of sp³-hybridized carbons (Fsp3) is 0.231. The molecule has 19 heavy (non-hydrogen) atoms. The van der Waals surface area contributed by atoms with Crippen LogP contribution in [0.25, 0.3) is 0 Å². The first-order valence-electron chi connectivity index (χ1n) is 5.82. The van der Waals surface area contributed by atoms with E-state index < -0.39 is 0 Å². The van der Waals surface area contributed by atoms with Crippen molar-refractivity contribution in [3.63, 3.8) is 0 Å². The lowest BCUT2D eigenvalue weighted by atomic mass is 10.3. The van der Waals surface area contributed by atoms with Crippen LogP contribution in [0, 0.1) is 17.4 Å². The van der Waals surface area contributed by atoms with Crippen LogP contribution >= 0.6 is 22.6 Å². The molecule has 1 aromatic heterocycles. The number of rotatable bonds is 3. The highest BCUT2D eigenvalue weighted by Crippen LogP contribution is 2.15. The topological polar surface area (TPSA) is 72.9 Å². The van der Waals surface area contributed by atoms with Crippen molar-refractivity contribution in [1.82, 2.24) is 9.78 Å². The normalized spacial score (nSPS) is 10.5. The number of aromatic nitrogens is 2. The monoisotopic (exact) mass is 370 g/mol. The number of nitrogens with one attached hydrogen (secondary N) is 1. The highest BCUT2D eigenvalue weighted by Gasteiger charge is 2.11. The van der Waals surface area contributed by atoms with Gasteiger partial charge in [0.1, 0.15) is 6.54 Å². The number of nitrogen functional groups attached to an aromatic ring is 1. The van der Waals surface area contributed by atoms with Gasteiger partial charge in [-0.05, 0) is 60.7 Å². The maximum atomic E-state index is 11.9. The lowest BCUT2D eigenvalue weighted by molar-refractivity contribution is -0.116. The van der Waals surface area contributed by atoms with Crippen LogP contribution in [0.1, 0.15) is 11.4 Å². The van der Waals surface area contributed by atoms with Gasteiger partial charge in [-0.15, -0.1) is 0 Å². The second-order valence-electron chi connectivity index (χ2n) is 4.30. The third-order valence-corrected chi connectivity index (χ3v) is 3.58. The molecule has 0 spiro atoms. The van der Waals surface area contributed by atoms with Crippen molar-refractivity contribution in [2.75, 3.05) is 11.1 Å². The van der Waals surface area contributed by atoms with E-state index in [9.17, 15) is 4.79 Å². The molecule has 0 radical (unpaired) electrons. The summed E-state index contributed by atoms with van der Waals surface area (Å²) in [5.74, 6) is -0.119. The van der Waals surface area contributed by atoms with Gasteiger partial charge in [-0.1, -0.05) is 0 Å². The second-order valence-corrected chi connectivity index (χ2v) is 5.54. The molecule has 3 N–H and O–H groups in total. The minimum Gasteiger partial charge on any atom is -0.396 e. The largest absolute Gasteiger partial charge is 0.396 e. The number of nitrogens with two attached hydrogens (primary N) is 1. The summed E-state index contributed by atoms with van der Waals surface area (Å²) in [5.41, 5.74) is 8.81. The zero-order chi connectivity index (χ0) is 14.0. The summed E-state index contributed by atoms with van der Waals surface area (Å²) >= 11 is 2.22. The van der Waals surface area contributed by atoms with Crippen LogP contribution in [0.2, 0.25) is 0 Å². The van der Waals surface area contributed by atoms with Crippen molar-refractivity contribution in [3.8, 4) is 0 Å². The molecule has 0 fully saturated rings. The van der Waals surface area contributed by atoms with E-state index in [0.717, 1.165) is 20.6 Å². The molecule has 0 aliphatic heterocycles. The van der Waals surface area contributed by atoms with E-state index in [1.807, 2.05) is 38.1 Å². The number of aryl methyl sites for hydroxylation is 1. The molecule has 1 aromatic carbocycles. The molecule has 100 valence electrons. The maximum absolute atomic E-state index is 11.9. The van der Waals surface area contributed by atoms with Gasteiger partial charge in [-0.2, -0.15) is 5.10 Å². The highest BCUT2D eigenvalue weighted by atomic mass is 127. The summed E-state index contributed by atoms with van der Waals surface area (Å²) in [6.07, 6.45) is 0. The average Bonchev–Trinajstić information content (AvgIpc) is 2.60. The molecular weight excluding hydrogens is 355 g/mol. The summed E-state index contributed by atoms with van der Waals surface area (Å²) < 4.78 is 2.74. The third kappa shape index (κ3) is 3.25. The van der Waals surface area contributed by atoms with Crippen molar-refractivity contribution < 1.29 is 4.79 Å². The van der Waals surface area contributed by atoms with E-state index in [1.54, 1.807) is 4.68 Å². The van der Waals surface area contributed by atoms with Gasteiger partial charge in [0, 0.05) is 9.26 Å². The van der Waals surface area contributed by atoms with Gasteiger partial charge >= 0.3 is 0 Å². The first kappa shape index (κ1) is 13.9. The molecule has 0 atom stereocenters. The molecule has 5 nitrogen and oxygen atoms in total. The summed E-state index contributed by atoms with van der Waals surface area (Å²) in [6.45, 7) is 3.85. The fourth-order valence-electron chi connectivity index (χ4n) is 1.73. The van der Waals surface area contributed by atoms with Crippen molar-refractivity contribution in [1.29, 1.82) is 0 Å². The van der Waals surface area contributed by atoms with E-state index >= 15 is 0 Å². The SMILES string of the molecule is Cc1nn(CC(=O)Nc2ccc(I)cc2)c(C)c1N. The van der Waals surface area contributed by atoms with E-state index in [1.165, 1.54) is 0 Å². The Kier molecular flexibility index (Phi) is 4.08. The smallest absolute Gasteiger partial charge is 0.246 e. The van der Waals surface area contributed by atoms with Crippen LogP contribution in [0.4, 0.5) is 11.4 Å². The molecule has 1 amide bonds. The number of anilines is 2. The minimum absolute atomic E-state index is 0.119. The number of benzene rings is 1. The number of amides is 1. The van der Waals surface area contributed by atoms with Gasteiger partial charge in [-0.25, -0.2) is 0 Å². The number of nitrogens with zero attached hydrogens (tertiary/aromatic N) is 2. The Morgan fingerprint density at radius 3 is 2.53 bits per heavy atom. The Labute approximate surface area is 125 Å². The van der Waals surface area contributed by atoms with E-state index in [0.29, 0.717) is 5.69 Å². The first-order chi connectivity index (χ1) is 8.97. The number of carbonyl (C=O) groups excluding carboxylic acids is 1. The van der Waals surface area contributed by atoms with Crippen LogP contribution in [0.3, 0.4) is 0 Å². The summed E-state index contributed by atoms with van der Waals surface area (Å²) in [5, 5.41) is 7.06. The predicted octanol–water partition coefficient (Wildman–Crippen LogP) is 2.33. The molecule has 0 saturated heterocycles. The zero-order valence-electron chi connectivity index (χ0n) is 10.8. The van der Waals surface area contributed by atoms with Gasteiger partial charge in [0.2, 0.25) is 5.91 Å². The van der Waals surface area contributed by atoms with Crippen LogP contribution in [-0.2, 0) is 11.3 Å². The molecular formula is C13H15IN4O. The Balaban J connectivity index is 2.05. The van der Waals surface area contributed by atoms with E-state index in [-0.39, 0.29) is 12.5 Å². The summed E-state index contributed by atoms with van der Waals surface area (Å²) in [6, 6.07) is 7.62. The predicted molar refractivity (Wildman–Crippen MR) is 83.9 cm³/mol. The highest BCUT2D eigenvalue weighted by molar-refractivity contribution is 14.1. The molecule has 0 unspecified atom stereocenters. The number of hydrogen-bond donors (Lipinski definition) is 2. The van der Waals surface area contributed by atoms with Crippen LogP contribution < -0.4 is 11.1 Å². The Morgan fingerprint density at radius 2 is 2.00 bits per heavy atom. The number of hydrogen-bond acceptors (Lipinski definition) is 3. The lowest BCUT2D eigenvalue weighted by Crippen LogP contribution is -2.20. The van der Waals surface area contributed by atoms with Gasteiger partial charge in [0.15, 0.2) is 0 Å². The molecule has 0 saturated carbocycles. The zero-order valence-corrected chi connectivity index (χ0v) is 12.9. The molecule has 0 aliphatic rings. The third-order valence-electron chi connectivity index (χ3n) is 2.86. The van der Waals surface area contributed by atoms with Gasteiger partial charge < -0.3 is 11.1 Å². The lowest BCUT2D eigenvalue weighted by Gasteiger charge is -2.07. The summed E-state index contributed by atoms with van der Waals surface area (Å²) in [4.78, 5) is 11.9. The first-order valence-corrected chi connectivity index (χ1v) is 6.90. The molecule has 0 bridgehead atoms. The molecule has 2 aromatic rings.